The molecule has 1 amide bonds. The highest BCUT2D eigenvalue weighted by Gasteiger charge is 2.20. The normalized spacial score (nSPS) is 13.9. The van der Waals surface area contributed by atoms with Gasteiger partial charge in [-0.3, -0.25) is 9.78 Å². The summed E-state index contributed by atoms with van der Waals surface area (Å²) >= 11 is 0. The van der Waals surface area contributed by atoms with Crippen LogP contribution in [0, 0.1) is 0 Å². The molecule has 0 spiro atoms. The number of rotatable bonds is 6. The summed E-state index contributed by atoms with van der Waals surface area (Å²) in [4.78, 5) is 15.6. The van der Waals surface area contributed by atoms with Gasteiger partial charge in [-0.25, -0.2) is 0 Å². The second-order valence-electron chi connectivity index (χ2n) is 5.15. The fraction of sp³-hybridized carbons (Fsp3) is 0.250. The number of primary amides is 1. The molecule has 0 atom stereocenters. The number of nitrogens with one attached hydrogen (secondary N) is 1. The Kier molecular flexibility index (Phi) is 3.83. The van der Waals surface area contributed by atoms with Crippen LogP contribution >= 0.6 is 0 Å². The van der Waals surface area contributed by atoms with Gasteiger partial charge in [0.2, 0.25) is 0 Å². The Bertz CT molecular complexity index is 653. The molecular formula is C16H17N3O2. The van der Waals surface area contributed by atoms with Gasteiger partial charge in [0.25, 0.3) is 5.91 Å². The number of nitrogens with zero attached hydrogens (tertiary/aromatic N) is 1. The van der Waals surface area contributed by atoms with E-state index in [2.05, 4.69) is 10.3 Å². The summed E-state index contributed by atoms with van der Waals surface area (Å²) < 4.78 is 5.74. The van der Waals surface area contributed by atoms with Crippen molar-refractivity contribution in [3.63, 3.8) is 0 Å². The molecule has 3 rings (SSSR count). The van der Waals surface area contributed by atoms with E-state index in [4.69, 9.17) is 10.5 Å². The second-order valence-corrected chi connectivity index (χ2v) is 5.15. The summed E-state index contributed by atoms with van der Waals surface area (Å²) in [5.41, 5.74) is 6.75. The van der Waals surface area contributed by atoms with Gasteiger partial charge in [0.15, 0.2) is 0 Å². The molecule has 3 N–H and O–H groups in total. The molecule has 5 nitrogen and oxygen atoms in total. The Morgan fingerprint density at radius 1 is 1.33 bits per heavy atom. The van der Waals surface area contributed by atoms with Gasteiger partial charge in [0.1, 0.15) is 11.5 Å². The van der Waals surface area contributed by atoms with Gasteiger partial charge in [-0.2, -0.15) is 0 Å². The second kappa shape index (κ2) is 5.93. The molecule has 21 heavy (non-hydrogen) atoms. The van der Waals surface area contributed by atoms with E-state index in [1.54, 1.807) is 30.5 Å². The first-order valence-electron chi connectivity index (χ1n) is 6.96. The van der Waals surface area contributed by atoms with Crippen molar-refractivity contribution in [3.05, 3.63) is 53.9 Å². The average molecular weight is 283 g/mol. The van der Waals surface area contributed by atoms with Gasteiger partial charge in [-0.05, 0) is 36.6 Å². The number of ether oxygens (including phenoxy) is 1. The Morgan fingerprint density at radius 2 is 2.14 bits per heavy atom. The van der Waals surface area contributed by atoms with E-state index in [-0.39, 0.29) is 0 Å². The largest absolute Gasteiger partial charge is 0.455 e. The van der Waals surface area contributed by atoms with Crippen molar-refractivity contribution >= 4 is 5.91 Å². The van der Waals surface area contributed by atoms with Crippen LogP contribution in [0.4, 0.5) is 0 Å². The molecule has 1 saturated carbocycles. The maximum absolute atomic E-state index is 11.4. The Labute approximate surface area is 123 Å². The topological polar surface area (TPSA) is 77.2 Å². The lowest BCUT2D eigenvalue weighted by Gasteiger charge is -2.10. The van der Waals surface area contributed by atoms with Crippen molar-refractivity contribution < 1.29 is 9.53 Å². The molecule has 1 aromatic carbocycles. The van der Waals surface area contributed by atoms with Crippen LogP contribution in [0.1, 0.15) is 28.8 Å². The van der Waals surface area contributed by atoms with Crippen LogP contribution in [0.3, 0.4) is 0 Å². The zero-order valence-corrected chi connectivity index (χ0v) is 11.6. The minimum absolute atomic E-state index is 0.360. The van der Waals surface area contributed by atoms with E-state index in [1.807, 2.05) is 12.3 Å². The molecule has 1 aromatic heterocycles. The fourth-order valence-corrected chi connectivity index (χ4v) is 2.05. The molecule has 2 aromatic rings. The number of hydrogen-bond donors (Lipinski definition) is 2. The Morgan fingerprint density at radius 3 is 2.90 bits per heavy atom. The number of amides is 1. The third kappa shape index (κ3) is 3.58. The summed E-state index contributed by atoms with van der Waals surface area (Å²) in [6.07, 6.45) is 5.92. The van der Waals surface area contributed by atoms with Crippen molar-refractivity contribution in [2.75, 3.05) is 0 Å². The quantitative estimate of drug-likeness (QED) is 0.852. The monoisotopic (exact) mass is 283 g/mol. The van der Waals surface area contributed by atoms with Crippen molar-refractivity contribution in [1.82, 2.24) is 10.3 Å². The lowest BCUT2D eigenvalue weighted by molar-refractivity contribution is 0.0998. The average Bonchev–Trinajstić information content (AvgIpc) is 3.30. The van der Waals surface area contributed by atoms with Crippen LogP contribution in [0.2, 0.25) is 0 Å². The zero-order chi connectivity index (χ0) is 14.7. The lowest BCUT2D eigenvalue weighted by Crippen LogP contribution is -2.15. The van der Waals surface area contributed by atoms with Crippen molar-refractivity contribution in [3.8, 4) is 11.5 Å². The van der Waals surface area contributed by atoms with Gasteiger partial charge in [0, 0.05) is 18.8 Å². The van der Waals surface area contributed by atoms with E-state index in [0.29, 0.717) is 23.1 Å². The summed E-state index contributed by atoms with van der Waals surface area (Å²) in [5, 5.41) is 3.42. The predicted molar refractivity (Wildman–Crippen MR) is 79.1 cm³/mol. The third-order valence-electron chi connectivity index (χ3n) is 3.32. The van der Waals surface area contributed by atoms with E-state index >= 15 is 0 Å². The summed E-state index contributed by atoms with van der Waals surface area (Å²) in [7, 11) is 0. The van der Waals surface area contributed by atoms with Gasteiger partial charge in [0.05, 0.1) is 11.8 Å². The first-order chi connectivity index (χ1) is 10.2. The van der Waals surface area contributed by atoms with Crippen LogP contribution in [-0.2, 0) is 6.54 Å². The third-order valence-corrected chi connectivity index (χ3v) is 3.32. The maximum atomic E-state index is 11.4. The number of carbonyl (C=O) groups excluding carboxylic acids is 1. The summed E-state index contributed by atoms with van der Waals surface area (Å²) in [5.74, 6) is 0.531. The van der Waals surface area contributed by atoms with Crippen LogP contribution in [-0.4, -0.2) is 16.9 Å². The zero-order valence-electron chi connectivity index (χ0n) is 11.6. The molecular weight excluding hydrogens is 266 g/mol. The summed E-state index contributed by atoms with van der Waals surface area (Å²) in [6.45, 7) is 0.770. The van der Waals surface area contributed by atoms with Crippen molar-refractivity contribution in [2.45, 2.75) is 25.4 Å². The standard InChI is InChI=1S/C16H17N3O2/c17-16(20)14-3-1-2-4-15(14)21-13-7-11(8-18-10-13)9-19-12-5-6-12/h1-4,7-8,10,12,19H,5-6,9H2,(H2,17,20). The van der Waals surface area contributed by atoms with E-state index in [0.717, 1.165) is 12.1 Å². The summed E-state index contributed by atoms with van der Waals surface area (Å²) in [6, 6.07) is 9.47. The predicted octanol–water partition coefficient (Wildman–Crippen LogP) is 2.22. The lowest BCUT2D eigenvalue weighted by atomic mass is 10.2. The highest BCUT2D eigenvalue weighted by molar-refractivity contribution is 5.95. The van der Waals surface area contributed by atoms with Crippen LogP contribution in [0.5, 0.6) is 11.5 Å². The molecule has 0 aliphatic heterocycles. The maximum Gasteiger partial charge on any atom is 0.252 e. The molecule has 1 heterocycles. The molecule has 0 saturated heterocycles. The molecule has 1 aliphatic rings. The highest BCUT2D eigenvalue weighted by atomic mass is 16.5. The van der Waals surface area contributed by atoms with Gasteiger partial charge in [-0.15, -0.1) is 0 Å². The Hall–Kier alpha value is -2.40. The van der Waals surface area contributed by atoms with Crippen LogP contribution < -0.4 is 15.8 Å². The van der Waals surface area contributed by atoms with Gasteiger partial charge < -0.3 is 15.8 Å². The van der Waals surface area contributed by atoms with E-state index in [1.165, 1.54) is 12.8 Å². The number of nitrogens with two attached hydrogens (primary N) is 1. The smallest absolute Gasteiger partial charge is 0.252 e. The van der Waals surface area contributed by atoms with E-state index in [9.17, 15) is 4.79 Å². The van der Waals surface area contributed by atoms with Gasteiger partial charge >= 0.3 is 0 Å². The first kappa shape index (κ1) is 13.6. The minimum Gasteiger partial charge on any atom is -0.455 e. The SMILES string of the molecule is NC(=O)c1ccccc1Oc1cncc(CNC2CC2)c1. The van der Waals surface area contributed by atoms with Crippen molar-refractivity contribution in [1.29, 1.82) is 0 Å². The fourth-order valence-electron chi connectivity index (χ4n) is 2.05. The Balaban J connectivity index is 1.74. The molecule has 0 unspecified atom stereocenters. The molecule has 5 heteroatoms. The number of para-hydroxylation sites is 1. The van der Waals surface area contributed by atoms with Crippen LogP contribution in [0.25, 0.3) is 0 Å². The van der Waals surface area contributed by atoms with Gasteiger partial charge in [-0.1, -0.05) is 12.1 Å². The minimum atomic E-state index is -0.509. The highest BCUT2D eigenvalue weighted by Crippen LogP contribution is 2.25. The number of benzene rings is 1. The molecule has 0 radical (unpaired) electrons. The number of aromatic nitrogens is 1. The molecule has 1 fully saturated rings. The number of hydrogen-bond acceptors (Lipinski definition) is 4. The van der Waals surface area contributed by atoms with E-state index < -0.39 is 5.91 Å². The molecule has 1 aliphatic carbocycles. The molecule has 0 bridgehead atoms. The molecule has 108 valence electrons. The van der Waals surface area contributed by atoms with Crippen molar-refractivity contribution in [2.24, 2.45) is 5.73 Å². The van der Waals surface area contributed by atoms with Crippen LogP contribution in [0.15, 0.2) is 42.7 Å². The number of carbonyl (C=O) groups is 1. The number of pyridine rings is 1. The first-order valence-corrected chi connectivity index (χ1v) is 6.96.